The van der Waals surface area contributed by atoms with Gasteiger partial charge in [0.2, 0.25) is 11.8 Å². The molecule has 0 heterocycles. The molecule has 2 N–H and O–H groups in total. The van der Waals surface area contributed by atoms with Crippen molar-refractivity contribution in [2.24, 2.45) is 5.92 Å². The molecule has 0 radical (unpaired) electrons. The van der Waals surface area contributed by atoms with Gasteiger partial charge in [-0.05, 0) is 18.4 Å². The second-order valence-corrected chi connectivity index (χ2v) is 5.03. The fraction of sp³-hybridized carbons (Fsp3) is 0.467. The van der Waals surface area contributed by atoms with Crippen molar-refractivity contribution in [1.29, 1.82) is 0 Å². The number of hydrogen-bond donors (Lipinski definition) is 2. The van der Waals surface area contributed by atoms with Crippen LogP contribution in [0.15, 0.2) is 30.3 Å². The number of carbonyl (C=O) groups excluding carboxylic acids is 2. The minimum absolute atomic E-state index is 0.0545. The molecule has 0 bridgehead atoms. The van der Waals surface area contributed by atoms with Gasteiger partial charge < -0.3 is 0 Å². The van der Waals surface area contributed by atoms with Crippen LogP contribution in [0.3, 0.4) is 0 Å². The number of benzene rings is 1. The van der Waals surface area contributed by atoms with Crippen molar-refractivity contribution in [2.75, 3.05) is 0 Å². The van der Waals surface area contributed by atoms with Gasteiger partial charge in [-0.1, -0.05) is 49.6 Å². The summed E-state index contributed by atoms with van der Waals surface area (Å²) in [4.78, 5) is 23.5. The molecule has 0 saturated heterocycles. The molecule has 1 aliphatic rings. The third kappa shape index (κ3) is 4.39. The molecule has 1 saturated carbocycles. The van der Waals surface area contributed by atoms with Crippen LogP contribution in [0.2, 0.25) is 0 Å². The quantitative estimate of drug-likeness (QED) is 0.816. The highest BCUT2D eigenvalue weighted by atomic mass is 16.2. The Kier molecular flexibility index (Phi) is 4.95. The lowest BCUT2D eigenvalue weighted by Crippen LogP contribution is -2.45. The van der Waals surface area contributed by atoms with E-state index in [1.54, 1.807) is 0 Å². The van der Waals surface area contributed by atoms with E-state index >= 15 is 0 Å². The van der Waals surface area contributed by atoms with Crippen LogP contribution in [0.25, 0.3) is 0 Å². The zero-order chi connectivity index (χ0) is 13.5. The van der Waals surface area contributed by atoms with Crippen LogP contribution in [-0.4, -0.2) is 11.8 Å². The van der Waals surface area contributed by atoms with Gasteiger partial charge in [-0.3, -0.25) is 20.4 Å². The summed E-state index contributed by atoms with van der Waals surface area (Å²) < 4.78 is 0. The SMILES string of the molecule is O=C(Cc1ccccc1)NNC(=O)C1CCCCC1. The standard InChI is InChI=1S/C15H20N2O2/c18-14(11-12-7-3-1-4-8-12)16-17-15(19)13-9-5-2-6-10-13/h1,3-4,7-8,13H,2,5-6,9-11H2,(H,16,18)(H,17,19). The molecule has 0 unspecified atom stereocenters. The van der Waals surface area contributed by atoms with Crippen LogP contribution in [-0.2, 0) is 16.0 Å². The van der Waals surface area contributed by atoms with Gasteiger partial charge in [0, 0.05) is 5.92 Å². The molecular weight excluding hydrogens is 240 g/mol. The predicted molar refractivity (Wildman–Crippen MR) is 73.0 cm³/mol. The highest BCUT2D eigenvalue weighted by Crippen LogP contribution is 2.23. The minimum atomic E-state index is -0.185. The lowest BCUT2D eigenvalue weighted by molar-refractivity contribution is -0.131. The smallest absolute Gasteiger partial charge is 0.242 e. The zero-order valence-electron chi connectivity index (χ0n) is 11.0. The van der Waals surface area contributed by atoms with Crippen molar-refractivity contribution >= 4 is 11.8 Å². The van der Waals surface area contributed by atoms with Crippen molar-refractivity contribution in [3.05, 3.63) is 35.9 Å². The fourth-order valence-electron chi connectivity index (χ4n) is 2.42. The monoisotopic (exact) mass is 260 g/mol. The van der Waals surface area contributed by atoms with E-state index in [2.05, 4.69) is 10.9 Å². The van der Waals surface area contributed by atoms with Crippen LogP contribution in [0.4, 0.5) is 0 Å². The van der Waals surface area contributed by atoms with Gasteiger partial charge in [-0.25, -0.2) is 0 Å². The molecule has 102 valence electrons. The first-order valence-corrected chi connectivity index (χ1v) is 6.88. The highest BCUT2D eigenvalue weighted by Gasteiger charge is 2.21. The molecule has 1 aromatic carbocycles. The first-order chi connectivity index (χ1) is 9.25. The summed E-state index contributed by atoms with van der Waals surface area (Å²) in [6.07, 6.45) is 5.57. The maximum absolute atomic E-state index is 11.8. The lowest BCUT2D eigenvalue weighted by atomic mass is 9.89. The zero-order valence-corrected chi connectivity index (χ0v) is 11.0. The van der Waals surface area contributed by atoms with Gasteiger partial charge in [-0.2, -0.15) is 0 Å². The summed E-state index contributed by atoms with van der Waals surface area (Å²) in [5.74, 6) is -0.178. The Bertz CT molecular complexity index is 425. The molecule has 0 aromatic heterocycles. The maximum atomic E-state index is 11.8. The second-order valence-electron chi connectivity index (χ2n) is 5.03. The fourth-order valence-corrected chi connectivity index (χ4v) is 2.42. The van der Waals surface area contributed by atoms with Crippen molar-refractivity contribution in [2.45, 2.75) is 38.5 Å². The second kappa shape index (κ2) is 6.92. The molecule has 0 atom stereocenters. The van der Waals surface area contributed by atoms with Gasteiger partial charge in [0.1, 0.15) is 0 Å². The summed E-state index contributed by atoms with van der Waals surface area (Å²) in [5.41, 5.74) is 5.96. The molecule has 4 nitrogen and oxygen atoms in total. The van der Waals surface area contributed by atoms with Gasteiger partial charge >= 0.3 is 0 Å². The molecule has 0 spiro atoms. The summed E-state index contributed by atoms with van der Waals surface area (Å²) in [7, 11) is 0. The van der Waals surface area contributed by atoms with E-state index in [1.165, 1.54) is 6.42 Å². The Morgan fingerprint density at radius 2 is 1.68 bits per heavy atom. The molecular formula is C15H20N2O2. The van der Waals surface area contributed by atoms with Crippen molar-refractivity contribution in [3.63, 3.8) is 0 Å². The van der Waals surface area contributed by atoms with E-state index in [-0.39, 0.29) is 24.2 Å². The molecule has 1 aromatic rings. The number of hydrogen-bond acceptors (Lipinski definition) is 2. The van der Waals surface area contributed by atoms with E-state index < -0.39 is 0 Å². The van der Waals surface area contributed by atoms with Gasteiger partial charge in [0.15, 0.2) is 0 Å². The van der Waals surface area contributed by atoms with E-state index in [1.807, 2.05) is 30.3 Å². The van der Waals surface area contributed by atoms with Crippen molar-refractivity contribution in [1.82, 2.24) is 10.9 Å². The van der Waals surface area contributed by atoms with Crippen LogP contribution in [0.1, 0.15) is 37.7 Å². The molecule has 2 rings (SSSR count). The Balaban J connectivity index is 1.72. The average molecular weight is 260 g/mol. The number of amides is 2. The normalized spacial score (nSPS) is 15.8. The van der Waals surface area contributed by atoms with Crippen LogP contribution in [0, 0.1) is 5.92 Å². The number of rotatable bonds is 3. The molecule has 0 aliphatic heterocycles. The third-order valence-electron chi connectivity index (χ3n) is 3.51. The van der Waals surface area contributed by atoms with Crippen LogP contribution in [0.5, 0.6) is 0 Å². The molecule has 2 amide bonds. The molecule has 4 heteroatoms. The molecule has 1 aliphatic carbocycles. The highest BCUT2D eigenvalue weighted by molar-refractivity contribution is 5.84. The van der Waals surface area contributed by atoms with Crippen LogP contribution < -0.4 is 10.9 Å². The Morgan fingerprint density at radius 3 is 2.37 bits per heavy atom. The van der Waals surface area contributed by atoms with Gasteiger partial charge in [-0.15, -0.1) is 0 Å². The summed E-state index contributed by atoms with van der Waals surface area (Å²) in [6.45, 7) is 0. The summed E-state index contributed by atoms with van der Waals surface area (Å²) >= 11 is 0. The van der Waals surface area contributed by atoms with Crippen molar-refractivity contribution in [3.8, 4) is 0 Å². The number of hydrazine groups is 1. The molecule has 19 heavy (non-hydrogen) atoms. The Hall–Kier alpha value is -1.84. The van der Waals surface area contributed by atoms with E-state index in [4.69, 9.17) is 0 Å². The predicted octanol–water partition coefficient (Wildman–Crippen LogP) is 1.96. The molecule has 1 fully saturated rings. The number of nitrogens with one attached hydrogen (secondary N) is 2. The van der Waals surface area contributed by atoms with Gasteiger partial charge in [0.05, 0.1) is 6.42 Å². The first-order valence-electron chi connectivity index (χ1n) is 6.88. The van der Waals surface area contributed by atoms with E-state index in [0.717, 1.165) is 31.2 Å². The average Bonchev–Trinajstić information content (AvgIpc) is 2.47. The third-order valence-corrected chi connectivity index (χ3v) is 3.51. The van der Waals surface area contributed by atoms with Crippen molar-refractivity contribution < 1.29 is 9.59 Å². The van der Waals surface area contributed by atoms with E-state index in [0.29, 0.717) is 0 Å². The first kappa shape index (κ1) is 13.6. The lowest BCUT2D eigenvalue weighted by Gasteiger charge is -2.20. The largest absolute Gasteiger partial charge is 0.273 e. The van der Waals surface area contributed by atoms with Gasteiger partial charge in [0.25, 0.3) is 0 Å². The van der Waals surface area contributed by atoms with E-state index in [9.17, 15) is 9.59 Å². The topological polar surface area (TPSA) is 58.2 Å². The number of carbonyl (C=O) groups is 2. The van der Waals surface area contributed by atoms with Crippen LogP contribution >= 0.6 is 0 Å². The summed E-state index contributed by atoms with van der Waals surface area (Å²) in [6, 6.07) is 9.48. The Labute approximate surface area is 113 Å². The summed E-state index contributed by atoms with van der Waals surface area (Å²) in [5, 5.41) is 0. The minimum Gasteiger partial charge on any atom is -0.273 e. The maximum Gasteiger partial charge on any atom is 0.242 e. The Morgan fingerprint density at radius 1 is 1.00 bits per heavy atom.